The normalized spacial score (nSPS) is 18.1. The highest BCUT2D eigenvalue weighted by Gasteiger charge is 2.18. The predicted molar refractivity (Wildman–Crippen MR) is 159 cm³/mol. The summed E-state index contributed by atoms with van der Waals surface area (Å²) in [6.45, 7) is 12.4. The van der Waals surface area contributed by atoms with Gasteiger partial charge in [0.25, 0.3) is 0 Å². The third kappa shape index (κ3) is 6.98. The largest absolute Gasteiger partial charge is 0.344 e. The molecular formula is C27H37N9OS2. The summed E-state index contributed by atoms with van der Waals surface area (Å²) >= 11 is 3.39. The molecular weight excluding hydrogens is 530 g/mol. The molecule has 0 bridgehead atoms. The summed E-state index contributed by atoms with van der Waals surface area (Å²) < 4.78 is 8.67. The number of anilines is 2. The second-order valence-corrected chi connectivity index (χ2v) is 12.2. The van der Waals surface area contributed by atoms with E-state index in [4.69, 9.17) is 4.98 Å². The maximum absolute atomic E-state index is 10.1. The van der Waals surface area contributed by atoms with Crippen LogP contribution in [0, 0.1) is 12.8 Å². The van der Waals surface area contributed by atoms with E-state index >= 15 is 0 Å². The van der Waals surface area contributed by atoms with Gasteiger partial charge in [0.1, 0.15) is 5.00 Å². The van der Waals surface area contributed by atoms with E-state index in [-0.39, 0.29) is 0 Å². The first-order valence-corrected chi connectivity index (χ1v) is 15.5. The molecule has 6 heterocycles. The third-order valence-electron chi connectivity index (χ3n) is 6.99. The van der Waals surface area contributed by atoms with Crippen molar-refractivity contribution in [1.82, 2.24) is 38.3 Å². The highest BCUT2D eigenvalue weighted by atomic mass is 32.2. The number of nitrogens with one attached hydrogen (secondary N) is 1. The minimum absolute atomic E-state index is 0.746. The Hall–Kier alpha value is -2.96. The van der Waals surface area contributed by atoms with Gasteiger partial charge in [-0.05, 0) is 56.8 Å². The lowest BCUT2D eigenvalue weighted by molar-refractivity contribution is -0.117. The van der Waals surface area contributed by atoms with Crippen LogP contribution in [0.2, 0.25) is 0 Å². The summed E-state index contributed by atoms with van der Waals surface area (Å²) in [7, 11) is 0. The highest BCUT2D eigenvalue weighted by Crippen LogP contribution is 2.28. The van der Waals surface area contributed by atoms with Crippen LogP contribution < -0.4 is 5.32 Å². The van der Waals surface area contributed by atoms with E-state index < -0.39 is 0 Å². The zero-order valence-corrected chi connectivity index (χ0v) is 24.5. The van der Waals surface area contributed by atoms with Gasteiger partial charge in [-0.3, -0.25) is 18.8 Å². The minimum atomic E-state index is 0.746. The van der Waals surface area contributed by atoms with Gasteiger partial charge in [-0.15, -0.1) is 0 Å². The average molecular weight is 568 g/mol. The van der Waals surface area contributed by atoms with Gasteiger partial charge in [0.15, 0.2) is 11.5 Å². The average Bonchev–Trinajstić information content (AvgIpc) is 3.69. The Morgan fingerprint density at radius 1 is 1.18 bits per heavy atom. The number of imidazole rings is 1. The minimum Gasteiger partial charge on any atom is -0.344 e. The lowest BCUT2D eigenvalue weighted by atomic mass is 10.0. The molecule has 1 unspecified atom stereocenters. The number of carbonyl (C=O) groups excluding carboxylic acids is 1. The second kappa shape index (κ2) is 12.9. The van der Waals surface area contributed by atoms with Crippen molar-refractivity contribution in [2.45, 2.75) is 46.7 Å². The van der Waals surface area contributed by atoms with Crippen molar-refractivity contribution >= 4 is 46.2 Å². The summed E-state index contributed by atoms with van der Waals surface area (Å²) in [5.74, 6) is 3.74. The maximum Gasteiger partial charge on any atom is 0.209 e. The molecule has 0 aliphatic carbocycles. The van der Waals surface area contributed by atoms with E-state index in [1.54, 1.807) is 0 Å². The molecule has 2 saturated heterocycles. The van der Waals surface area contributed by atoms with Crippen molar-refractivity contribution < 1.29 is 4.79 Å². The van der Waals surface area contributed by atoms with Crippen LogP contribution in [0.15, 0.2) is 30.9 Å². The van der Waals surface area contributed by atoms with E-state index in [9.17, 15) is 4.79 Å². The number of piperidine rings is 1. The Morgan fingerprint density at radius 3 is 2.74 bits per heavy atom. The molecule has 12 heteroatoms. The molecule has 39 heavy (non-hydrogen) atoms. The third-order valence-corrected chi connectivity index (χ3v) is 8.67. The van der Waals surface area contributed by atoms with Crippen LogP contribution in [-0.4, -0.2) is 82.4 Å². The number of fused-ring (bicyclic) bond motifs is 1. The molecule has 2 aliphatic heterocycles. The van der Waals surface area contributed by atoms with Gasteiger partial charge in [-0.1, -0.05) is 6.92 Å². The second-order valence-electron chi connectivity index (χ2n) is 10.2. The van der Waals surface area contributed by atoms with Crippen LogP contribution in [0.5, 0.6) is 0 Å². The fraction of sp³-hybridized carbons (Fsp3) is 0.519. The first kappa shape index (κ1) is 27.6. The van der Waals surface area contributed by atoms with Crippen molar-refractivity contribution in [2.24, 2.45) is 5.92 Å². The van der Waals surface area contributed by atoms with Gasteiger partial charge in [-0.2, -0.15) is 21.2 Å². The van der Waals surface area contributed by atoms with E-state index in [0.29, 0.717) is 0 Å². The number of rotatable bonds is 7. The molecule has 2 fully saturated rings. The molecule has 2 aliphatic rings. The van der Waals surface area contributed by atoms with Crippen LogP contribution in [0.3, 0.4) is 0 Å². The van der Waals surface area contributed by atoms with Crippen molar-refractivity contribution in [3.8, 4) is 11.3 Å². The highest BCUT2D eigenvalue weighted by molar-refractivity contribution is 7.99. The Balaban J connectivity index is 0.000000332. The molecule has 4 aromatic rings. The van der Waals surface area contributed by atoms with Crippen LogP contribution in [0.4, 0.5) is 10.8 Å². The van der Waals surface area contributed by atoms with E-state index in [2.05, 4.69) is 49.0 Å². The number of nitrogens with zero attached hydrogens (tertiary/aromatic N) is 8. The summed E-state index contributed by atoms with van der Waals surface area (Å²) in [6, 6.07) is 2.14. The van der Waals surface area contributed by atoms with E-state index in [0.717, 1.165) is 102 Å². The van der Waals surface area contributed by atoms with Crippen molar-refractivity contribution in [2.75, 3.05) is 43.0 Å². The number of amides is 1. The molecule has 208 valence electrons. The van der Waals surface area contributed by atoms with Gasteiger partial charge < -0.3 is 10.2 Å². The monoisotopic (exact) mass is 567 g/mol. The number of aryl methyl sites for hydroxylation is 2. The summed E-state index contributed by atoms with van der Waals surface area (Å²) in [5, 5.41) is 8.85. The number of likely N-dealkylation sites (tertiary alicyclic amines) is 1. The topological polar surface area (TPSA) is 96.5 Å². The van der Waals surface area contributed by atoms with Crippen LogP contribution in [0.25, 0.3) is 16.9 Å². The lowest BCUT2D eigenvalue weighted by Gasteiger charge is -2.30. The Bertz CT molecular complexity index is 1370. The summed E-state index contributed by atoms with van der Waals surface area (Å²) in [4.78, 5) is 23.8. The number of hydrogen-bond donors (Lipinski definition) is 1. The molecule has 1 atom stereocenters. The van der Waals surface area contributed by atoms with Gasteiger partial charge in [0, 0.05) is 62.2 Å². The van der Waals surface area contributed by atoms with E-state index in [1.165, 1.54) is 24.4 Å². The van der Waals surface area contributed by atoms with Gasteiger partial charge in [-0.25, -0.2) is 9.97 Å². The maximum atomic E-state index is 10.1. The number of carbonyl (C=O) groups is 1. The van der Waals surface area contributed by atoms with Crippen molar-refractivity contribution in [3.63, 3.8) is 0 Å². The Morgan fingerprint density at radius 2 is 2.03 bits per heavy atom. The zero-order chi connectivity index (χ0) is 27.2. The Labute approximate surface area is 238 Å². The van der Waals surface area contributed by atoms with E-state index in [1.807, 2.05) is 53.1 Å². The van der Waals surface area contributed by atoms with Gasteiger partial charge in [0.05, 0.1) is 29.5 Å². The van der Waals surface area contributed by atoms with Crippen LogP contribution >= 0.6 is 23.3 Å². The standard InChI is InChI=1S/C22H28N8S.C5H9NOS/c1-4-29-13-17(9-24-29)19-10-23-22-21(25-16(3)12-30(19)22)26-20-8-18(27-31-20)14-28-7-5-6-15(2)11-28;7-5-6-1-3-8-4-2-6/h8-10,12-13,15H,4-7,11,14H2,1-3H3,(H,25,26);5H,1-4H2. The molecule has 10 nitrogen and oxygen atoms in total. The van der Waals surface area contributed by atoms with Crippen LogP contribution in [-0.2, 0) is 17.9 Å². The summed E-state index contributed by atoms with van der Waals surface area (Å²) in [5.41, 5.74) is 4.88. The number of aromatic nitrogens is 6. The molecule has 1 N–H and O–H groups in total. The molecule has 0 spiro atoms. The first-order valence-electron chi connectivity index (χ1n) is 13.6. The SMILES string of the molecule is CCn1cc(-c2cnc3c(Nc4cc(CN5CCCC(C)C5)ns4)nc(C)cn23)cn1.O=CN1CCSCC1. The fourth-order valence-corrected chi connectivity index (χ4v) is 6.57. The van der Waals surface area contributed by atoms with Gasteiger partial charge in [0.2, 0.25) is 6.41 Å². The fourth-order valence-electron chi connectivity index (χ4n) is 4.98. The first-order chi connectivity index (χ1) is 19.0. The number of hydrogen-bond acceptors (Lipinski definition) is 9. The number of thioether (sulfide) groups is 1. The van der Waals surface area contributed by atoms with Crippen LogP contribution in [0.1, 0.15) is 38.1 Å². The molecule has 0 aromatic carbocycles. The van der Waals surface area contributed by atoms with Crippen molar-refractivity contribution in [3.05, 3.63) is 42.2 Å². The summed E-state index contributed by atoms with van der Waals surface area (Å²) in [6.07, 6.45) is 11.4. The predicted octanol–water partition coefficient (Wildman–Crippen LogP) is 4.54. The van der Waals surface area contributed by atoms with Gasteiger partial charge >= 0.3 is 0 Å². The lowest BCUT2D eigenvalue weighted by Crippen LogP contribution is -2.33. The molecule has 4 aromatic heterocycles. The zero-order valence-electron chi connectivity index (χ0n) is 22.9. The molecule has 0 radical (unpaired) electrons. The Kier molecular flexibility index (Phi) is 9.15. The quantitative estimate of drug-likeness (QED) is 0.325. The molecule has 0 saturated carbocycles. The van der Waals surface area contributed by atoms with Crippen molar-refractivity contribution in [1.29, 1.82) is 0 Å². The molecule has 6 rings (SSSR count). The molecule has 1 amide bonds. The smallest absolute Gasteiger partial charge is 0.209 e.